The lowest BCUT2D eigenvalue weighted by molar-refractivity contribution is -0.142. The van der Waals surface area contributed by atoms with Crippen LogP contribution in [-0.4, -0.2) is 17.1 Å². The second-order valence-electron chi connectivity index (χ2n) is 3.64. The highest BCUT2D eigenvalue weighted by atomic mass is 32.1. The summed E-state index contributed by atoms with van der Waals surface area (Å²) in [6.07, 6.45) is 1.86. The number of carbonyl (C=O) groups is 1. The third-order valence-corrected chi connectivity index (χ3v) is 3.71. The number of esters is 1. The summed E-state index contributed by atoms with van der Waals surface area (Å²) in [5.74, 6) is 0.577. The quantitative estimate of drug-likeness (QED) is 0.625. The van der Waals surface area contributed by atoms with Gasteiger partial charge >= 0.3 is 5.97 Å². The zero-order valence-electron chi connectivity index (χ0n) is 9.92. The first-order chi connectivity index (χ1) is 8.70. The topological polar surface area (TPSA) is 44.4 Å². The van der Waals surface area contributed by atoms with Crippen LogP contribution in [0.25, 0.3) is 0 Å². The highest BCUT2D eigenvalue weighted by Crippen LogP contribution is 2.15. The molecule has 4 nitrogen and oxygen atoms in total. The van der Waals surface area contributed by atoms with Gasteiger partial charge in [-0.1, -0.05) is 0 Å². The number of carbonyl (C=O) groups excluding carboxylic acids is 1. The van der Waals surface area contributed by atoms with E-state index in [0.29, 0.717) is 13.2 Å². The van der Waals surface area contributed by atoms with Gasteiger partial charge in [-0.25, -0.2) is 0 Å². The molecule has 0 aliphatic carbocycles. The number of aromatic nitrogens is 1. The van der Waals surface area contributed by atoms with E-state index < -0.39 is 0 Å². The summed E-state index contributed by atoms with van der Waals surface area (Å²) < 4.78 is 12.9. The molecule has 2 aromatic rings. The molecule has 2 aromatic heterocycles. The van der Waals surface area contributed by atoms with E-state index in [-0.39, 0.29) is 12.4 Å². The first-order valence-corrected chi connectivity index (χ1v) is 6.84. The van der Waals surface area contributed by atoms with Crippen molar-refractivity contribution in [2.24, 2.45) is 0 Å². The summed E-state index contributed by atoms with van der Waals surface area (Å²) in [4.78, 5) is 11.5. The number of ether oxygens (including phenoxy) is 1. The Bertz CT molecular complexity index is 568. The lowest BCUT2D eigenvalue weighted by Crippen LogP contribution is -2.12. The van der Waals surface area contributed by atoms with E-state index in [0.717, 1.165) is 15.4 Å². The van der Waals surface area contributed by atoms with Crippen LogP contribution in [0, 0.1) is 3.95 Å². The second-order valence-corrected chi connectivity index (χ2v) is 5.14. The third kappa shape index (κ3) is 3.08. The van der Waals surface area contributed by atoms with Gasteiger partial charge in [-0.15, -0.1) is 11.3 Å². The van der Waals surface area contributed by atoms with Crippen molar-refractivity contribution >= 4 is 29.5 Å². The van der Waals surface area contributed by atoms with Crippen LogP contribution >= 0.6 is 23.6 Å². The fraction of sp³-hybridized carbons (Fsp3) is 0.333. The first kappa shape index (κ1) is 13.0. The molecule has 0 aliphatic rings. The fourth-order valence-corrected chi connectivity index (χ4v) is 2.67. The molecule has 0 fully saturated rings. The molecule has 96 valence electrons. The largest absolute Gasteiger partial charge is 0.467 e. The van der Waals surface area contributed by atoms with Gasteiger partial charge in [0.25, 0.3) is 0 Å². The average Bonchev–Trinajstić information content (AvgIpc) is 2.94. The van der Waals surface area contributed by atoms with Crippen molar-refractivity contribution in [2.75, 3.05) is 6.61 Å². The van der Waals surface area contributed by atoms with E-state index >= 15 is 0 Å². The Morgan fingerprint density at radius 1 is 1.61 bits per heavy atom. The Labute approximate surface area is 114 Å². The minimum Gasteiger partial charge on any atom is -0.467 e. The molecule has 0 N–H and O–H groups in total. The minimum atomic E-state index is -0.238. The van der Waals surface area contributed by atoms with Crippen LogP contribution in [0.1, 0.15) is 18.4 Å². The SMILES string of the molecule is CCOC(=O)Cc1csc(=S)n1Cc1ccco1. The second kappa shape index (κ2) is 5.97. The standard InChI is InChI=1S/C12H13NO3S2/c1-2-15-11(14)6-9-8-18-12(17)13(9)7-10-4-3-5-16-10/h3-5,8H,2,6-7H2,1H3. The molecular weight excluding hydrogens is 270 g/mol. The number of hydrogen-bond donors (Lipinski definition) is 0. The number of thiazole rings is 1. The summed E-state index contributed by atoms with van der Waals surface area (Å²) in [5.41, 5.74) is 0.861. The molecule has 0 aliphatic heterocycles. The van der Waals surface area contributed by atoms with Crippen LogP contribution in [-0.2, 0) is 22.5 Å². The van der Waals surface area contributed by atoms with Gasteiger partial charge in [-0.05, 0) is 31.3 Å². The molecule has 0 amide bonds. The summed E-state index contributed by atoms with van der Waals surface area (Å²) in [5, 5.41) is 1.89. The van der Waals surface area contributed by atoms with Gasteiger partial charge < -0.3 is 13.7 Å². The molecule has 0 spiro atoms. The smallest absolute Gasteiger partial charge is 0.311 e. The summed E-state index contributed by atoms with van der Waals surface area (Å²) >= 11 is 6.69. The van der Waals surface area contributed by atoms with Gasteiger partial charge in [0.1, 0.15) is 5.76 Å². The van der Waals surface area contributed by atoms with E-state index in [9.17, 15) is 4.79 Å². The predicted octanol–water partition coefficient (Wildman–Crippen LogP) is 3.03. The van der Waals surface area contributed by atoms with Crippen LogP contribution < -0.4 is 0 Å². The van der Waals surface area contributed by atoms with Crippen LogP contribution in [0.4, 0.5) is 0 Å². The maximum absolute atomic E-state index is 11.5. The van der Waals surface area contributed by atoms with Crippen molar-refractivity contribution in [1.82, 2.24) is 4.57 Å². The van der Waals surface area contributed by atoms with Gasteiger partial charge in [0.15, 0.2) is 3.95 Å². The highest BCUT2D eigenvalue weighted by molar-refractivity contribution is 7.73. The van der Waals surface area contributed by atoms with Crippen LogP contribution in [0.5, 0.6) is 0 Å². The Hall–Kier alpha value is -1.40. The van der Waals surface area contributed by atoms with Crippen molar-refractivity contribution < 1.29 is 13.9 Å². The molecule has 2 heterocycles. The minimum absolute atomic E-state index is 0.238. The lowest BCUT2D eigenvalue weighted by atomic mass is 10.3. The van der Waals surface area contributed by atoms with E-state index in [1.54, 1.807) is 13.2 Å². The molecule has 2 rings (SSSR count). The van der Waals surface area contributed by atoms with Crippen molar-refractivity contribution in [3.05, 3.63) is 39.2 Å². The molecule has 6 heteroatoms. The van der Waals surface area contributed by atoms with Crippen LogP contribution in [0.2, 0.25) is 0 Å². The Kier molecular flexibility index (Phi) is 4.33. The summed E-state index contributed by atoms with van der Waals surface area (Å²) in [6, 6.07) is 3.71. The molecule has 18 heavy (non-hydrogen) atoms. The van der Waals surface area contributed by atoms with E-state index in [2.05, 4.69) is 0 Å². The fourth-order valence-electron chi connectivity index (χ4n) is 1.58. The zero-order chi connectivity index (χ0) is 13.0. The summed E-state index contributed by atoms with van der Waals surface area (Å²) in [7, 11) is 0. The number of rotatable bonds is 5. The van der Waals surface area contributed by atoms with Gasteiger partial charge in [-0.3, -0.25) is 4.79 Å². The molecule has 0 saturated heterocycles. The molecule has 0 atom stereocenters. The first-order valence-electron chi connectivity index (χ1n) is 5.56. The van der Waals surface area contributed by atoms with Gasteiger partial charge in [0, 0.05) is 11.1 Å². The van der Waals surface area contributed by atoms with Crippen molar-refractivity contribution in [3.8, 4) is 0 Å². The van der Waals surface area contributed by atoms with Crippen LogP contribution in [0.15, 0.2) is 28.2 Å². The van der Waals surface area contributed by atoms with E-state index in [1.807, 2.05) is 22.1 Å². The monoisotopic (exact) mass is 283 g/mol. The number of furan rings is 1. The van der Waals surface area contributed by atoms with Crippen molar-refractivity contribution in [3.63, 3.8) is 0 Å². The van der Waals surface area contributed by atoms with Crippen molar-refractivity contribution in [2.45, 2.75) is 19.9 Å². The maximum Gasteiger partial charge on any atom is 0.311 e. The predicted molar refractivity (Wildman–Crippen MR) is 71.3 cm³/mol. The molecule has 0 bridgehead atoms. The molecular formula is C12H13NO3S2. The zero-order valence-corrected chi connectivity index (χ0v) is 11.6. The molecule has 0 radical (unpaired) electrons. The Morgan fingerprint density at radius 3 is 3.11 bits per heavy atom. The van der Waals surface area contributed by atoms with E-state index in [4.69, 9.17) is 21.4 Å². The van der Waals surface area contributed by atoms with Gasteiger partial charge in [0.05, 0.1) is 25.8 Å². The van der Waals surface area contributed by atoms with Gasteiger partial charge in [-0.2, -0.15) is 0 Å². The van der Waals surface area contributed by atoms with Gasteiger partial charge in [0.2, 0.25) is 0 Å². The molecule has 0 aromatic carbocycles. The normalized spacial score (nSPS) is 10.5. The Balaban J connectivity index is 2.17. The van der Waals surface area contributed by atoms with Crippen LogP contribution in [0.3, 0.4) is 0 Å². The Morgan fingerprint density at radius 2 is 2.44 bits per heavy atom. The number of nitrogens with zero attached hydrogens (tertiary/aromatic N) is 1. The molecule has 0 unspecified atom stereocenters. The van der Waals surface area contributed by atoms with E-state index in [1.165, 1.54) is 11.3 Å². The highest BCUT2D eigenvalue weighted by Gasteiger charge is 2.11. The van der Waals surface area contributed by atoms with Crippen molar-refractivity contribution in [1.29, 1.82) is 0 Å². The number of hydrogen-bond acceptors (Lipinski definition) is 5. The summed E-state index contributed by atoms with van der Waals surface area (Å²) in [6.45, 7) is 2.73. The molecule has 0 saturated carbocycles. The maximum atomic E-state index is 11.5. The lowest BCUT2D eigenvalue weighted by Gasteiger charge is -2.06. The average molecular weight is 283 g/mol. The third-order valence-electron chi connectivity index (χ3n) is 2.39.